The van der Waals surface area contributed by atoms with Gasteiger partial charge in [-0.05, 0) is 59.2 Å². The molecule has 0 saturated carbocycles. The van der Waals surface area contributed by atoms with Crippen molar-refractivity contribution >= 4 is 23.5 Å². The molecule has 0 aromatic heterocycles. The van der Waals surface area contributed by atoms with Gasteiger partial charge in [-0.15, -0.1) is 0 Å². The van der Waals surface area contributed by atoms with E-state index < -0.39 is 35.4 Å². The summed E-state index contributed by atoms with van der Waals surface area (Å²) in [6.07, 6.45) is 1.63. The highest BCUT2D eigenvalue weighted by molar-refractivity contribution is 5.90. The van der Waals surface area contributed by atoms with Gasteiger partial charge >= 0.3 is 5.97 Å². The summed E-state index contributed by atoms with van der Waals surface area (Å²) in [6, 6.07) is 12.4. The number of aryl methyl sites for hydroxylation is 1. The lowest BCUT2D eigenvalue weighted by Crippen LogP contribution is -2.47. The van der Waals surface area contributed by atoms with Crippen molar-refractivity contribution in [3.63, 3.8) is 0 Å². The number of methoxy groups -OCH3 is 3. The van der Waals surface area contributed by atoms with Crippen LogP contribution in [0.4, 0.5) is 5.69 Å². The van der Waals surface area contributed by atoms with Crippen molar-refractivity contribution in [1.29, 1.82) is 0 Å². The van der Waals surface area contributed by atoms with Crippen molar-refractivity contribution in [2.24, 2.45) is 5.92 Å². The summed E-state index contributed by atoms with van der Waals surface area (Å²) < 4.78 is 17.1. The highest BCUT2D eigenvalue weighted by Crippen LogP contribution is 2.50. The molecule has 11 heteroatoms. The second kappa shape index (κ2) is 14.8. The average Bonchev–Trinajstić information content (AvgIpc) is 3.29. The number of carbonyl (C=O) groups is 3. The molecule has 4 N–H and O–H groups in total. The Kier molecular flexibility index (Phi) is 10.9. The Hall–Kier alpha value is -5.06. The molecular weight excluding hydrogens is 590 g/mol. The van der Waals surface area contributed by atoms with Gasteiger partial charge in [-0.2, -0.15) is 0 Å². The van der Waals surface area contributed by atoms with Crippen LogP contribution in [-0.2, 0) is 20.8 Å². The van der Waals surface area contributed by atoms with Gasteiger partial charge in [-0.25, -0.2) is 4.79 Å². The molecule has 1 aliphatic carbocycles. The fourth-order valence-corrected chi connectivity index (χ4v) is 5.86. The van der Waals surface area contributed by atoms with Gasteiger partial charge in [0.15, 0.2) is 17.5 Å². The van der Waals surface area contributed by atoms with Crippen molar-refractivity contribution in [2.45, 2.75) is 58.2 Å². The van der Waals surface area contributed by atoms with Crippen LogP contribution in [0.2, 0.25) is 0 Å². The van der Waals surface area contributed by atoms with Crippen LogP contribution in [0.25, 0.3) is 11.1 Å². The van der Waals surface area contributed by atoms with Crippen LogP contribution in [0.1, 0.15) is 62.4 Å². The van der Waals surface area contributed by atoms with Gasteiger partial charge in [0, 0.05) is 12.5 Å². The van der Waals surface area contributed by atoms with Crippen LogP contribution in [0.15, 0.2) is 59.4 Å². The minimum absolute atomic E-state index is 0.141. The predicted molar refractivity (Wildman–Crippen MR) is 175 cm³/mol. The number of ether oxygens (including phenoxy) is 3. The van der Waals surface area contributed by atoms with Crippen LogP contribution < -0.4 is 35.6 Å². The lowest BCUT2D eigenvalue weighted by atomic mass is 9.95. The number of hydrogen-bond acceptors (Lipinski definition) is 8. The molecule has 0 bridgehead atoms. The normalized spacial score (nSPS) is 15.5. The molecule has 0 heterocycles. The fourth-order valence-electron chi connectivity index (χ4n) is 5.86. The number of amides is 2. The fraction of sp³-hybridized carbons (Fsp3) is 0.371. The second-order valence-corrected chi connectivity index (χ2v) is 11.3. The maximum atomic E-state index is 13.9. The molecule has 3 aromatic carbocycles. The number of aliphatic carboxylic acids is 1. The number of hydrogen-bond donors (Lipinski definition) is 4. The summed E-state index contributed by atoms with van der Waals surface area (Å²) in [5, 5.41) is 18.7. The zero-order valence-corrected chi connectivity index (χ0v) is 26.9. The molecule has 4 rings (SSSR count). The molecule has 0 aliphatic heterocycles. The Bertz CT molecular complexity index is 1660. The first-order chi connectivity index (χ1) is 22.0. The third-order valence-corrected chi connectivity index (χ3v) is 8.39. The molecule has 0 spiro atoms. The first-order valence-electron chi connectivity index (χ1n) is 15.2. The van der Waals surface area contributed by atoms with Crippen LogP contribution >= 0.6 is 0 Å². The number of carboxylic acids is 1. The average molecular weight is 632 g/mol. The van der Waals surface area contributed by atoms with Gasteiger partial charge in [-0.1, -0.05) is 56.7 Å². The molecule has 2 amide bonds. The van der Waals surface area contributed by atoms with Gasteiger partial charge in [0.2, 0.25) is 23.0 Å². The van der Waals surface area contributed by atoms with Gasteiger partial charge < -0.3 is 35.3 Å². The molecule has 3 aromatic rings. The van der Waals surface area contributed by atoms with E-state index in [1.807, 2.05) is 19.9 Å². The van der Waals surface area contributed by atoms with Crippen molar-refractivity contribution in [3.05, 3.63) is 81.5 Å². The van der Waals surface area contributed by atoms with Crippen molar-refractivity contribution in [1.82, 2.24) is 10.6 Å². The SMILES string of the molecule is CC[C@H](C)[C@H](Nc1ccc2c(cc1=O)[C@@H](NC(C)=O)CCc1cc(OC)c(OC)c(OC)c1-2)C(=O)N[C@H](C(=O)O)c1ccccc1. The van der Waals surface area contributed by atoms with Gasteiger partial charge in [-0.3, -0.25) is 14.4 Å². The second-order valence-electron chi connectivity index (χ2n) is 11.3. The molecule has 0 radical (unpaired) electrons. The highest BCUT2D eigenvalue weighted by atomic mass is 16.5. The zero-order valence-electron chi connectivity index (χ0n) is 26.9. The Morgan fingerprint density at radius 3 is 2.26 bits per heavy atom. The number of benzene rings is 2. The van der Waals surface area contributed by atoms with E-state index in [1.165, 1.54) is 27.2 Å². The standard InChI is InChI=1S/C35H41N3O8/c1-7-19(2)30(34(41)38-31(35(42)43)21-11-9-8-10-12-21)37-26-16-14-23-24(18-27(26)40)25(36-20(3)39)15-13-22-17-28(44-4)32(45-5)33(46-6)29(22)23/h8-12,14,16-19,25,30-31H,7,13,15H2,1-6H3,(H,36,39)(H,37,40)(H,38,41)(H,42,43)/t19-,25-,30-,31-/m0/s1. The summed E-state index contributed by atoms with van der Waals surface area (Å²) in [7, 11) is 4.58. The summed E-state index contributed by atoms with van der Waals surface area (Å²) in [4.78, 5) is 51.9. The van der Waals surface area contributed by atoms with Crippen molar-refractivity contribution in [2.75, 3.05) is 26.6 Å². The molecule has 244 valence electrons. The van der Waals surface area contributed by atoms with E-state index in [4.69, 9.17) is 14.2 Å². The number of carbonyl (C=O) groups excluding carboxylic acids is 2. The van der Waals surface area contributed by atoms with Crippen LogP contribution in [-0.4, -0.2) is 50.3 Å². The first-order valence-corrected chi connectivity index (χ1v) is 15.2. The maximum Gasteiger partial charge on any atom is 0.330 e. The smallest absolute Gasteiger partial charge is 0.330 e. The third-order valence-electron chi connectivity index (χ3n) is 8.39. The Morgan fingerprint density at radius 1 is 0.978 bits per heavy atom. The van der Waals surface area contributed by atoms with Gasteiger partial charge in [0.1, 0.15) is 6.04 Å². The number of rotatable bonds is 12. The largest absolute Gasteiger partial charge is 0.493 e. The van der Waals surface area contributed by atoms with E-state index in [0.717, 1.165) is 5.56 Å². The Balaban J connectivity index is 1.84. The molecule has 0 fully saturated rings. The number of anilines is 1. The summed E-state index contributed by atoms with van der Waals surface area (Å²) in [5.74, 6) is -0.975. The number of carboxylic acid groups (broad SMARTS) is 1. The zero-order chi connectivity index (χ0) is 33.5. The molecule has 4 atom stereocenters. The molecule has 46 heavy (non-hydrogen) atoms. The minimum Gasteiger partial charge on any atom is -0.493 e. The summed E-state index contributed by atoms with van der Waals surface area (Å²) in [5.41, 5.74) is 2.98. The molecule has 1 aliphatic rings. The summed E-state index contributed by atoms with van der Waals surface area (Å²) in [6.45, 7) is 5.19. The third kappa shape index (κ3) is 7.09. The molecular formula is C35H41N3O8. The van der Waals surface area contributed by atoms with Crippen molar-refractivity contribution in [3.8, 4) is 28.4 Å². The predicted octanol–water partition coefficient (Wildman–Crippen LogP) is 4.63. The lowest BCUT2D eigenvalue weighted by molar-refractivity contribution is -0.142. The molecule has 0 unspecified atom stereocenters. The van der Waals surface area contributed by atoms with E-state index in [2.05, 4.69) is 16.0 Å². The summed E-state index contributed by atoms with van der Waals surface area (Å²) >= 11 is 0. The Morgan fingerprint density at radius 2 is 1.67 bits per heavy atom. The van der Waals surface area contributed by atoms with Crippen LogP contribution in [0.3, 0.4) is 0 Å². The van der Waals surface area contributed by atoms with E-state index in [1.54, 1.807) is 49.6 Å². The topological polar surface area (TPSA) is 152 Å². The van der Waals surface area contributed by atoms with Gasteiger partial charge in [0.25, 0.3) is 0 Å². The van der Waals surface area contributed by atoms with Crippen LogP contribution in [0, 0.1) is 5.92 Å². The van der Waals surface area contributed by atoms with E-state index in [-0.39, 0.29) is 17.5 Å². The van der Waals surface area contributed by atoms with Gasteiger partial charge in [0.05, 0.1) is 33.1 Å². The lowest BCUT2D eigenvalue weighted by Gasteiger charge is -2.26. The first kappa shape index (κ1) is 33.8. The quantitative estimate of drug-likeness (QED) is 0.224. The van der Waals surface area contributed by atoms with E-state index in [0.29, 0.717) is 58.8 Å². The maximum absolute atomic E-state index is 13.9. The Labute approximate surface area is 268 Å². The number of nitrogens with one attached hydrogen (secondary N) is 3. The monoisotopic (exact) mass is 631 g/mol. The molecule has 0 saturated heterocycles. The van der Waals surface area contributed by atoms with Crippen LogP contribution in [0.5, 0.6) is 17.2 Å². The highest BCUT2D eigenvalue weighted by Gasteiger charge is 2.32. The van der Waals surface area contributed by atoms with Crippen molar-refractivity contribution < 1.29 is 33.7 Å². The number of fused-ring (bicyclic) bond motifs is 3. The minimum atomic E-state index is -1.27. The van der Waals surface area contributed by atoms with E-state index in [9.17, 15) is 24.3 Å². The van der Waals surface area contributed by atoms with E-state index >= 15 is 0 Å². The molecule has 11 nitrogen and oxygen atoms in total.